The number of hydrogen-bond acceptors (Lipinski definition) is 2. The van der Waals surface area contributed by atoms with Crippen LogP contribution in [0.15, 0.2) is 12.5 Å². The van der Waals surface area contributed by atoms with Gasteiger partial charge in [0.2, 0.25) is 0 Å². The molecule has 0 aliphatic carbocycles. The molecular formula is C4H4N2S2. The van der Waals surface area contributed by atoms with Gasteiger partial charge < -0.3 is 4.98 Å². The van der Waals surface area contributed by atoms with Crippen molar-refractivity contribution in [2.75, 3.05) is 0 Å². The Balaban J connectivity index is 2.93. The zero-order valence-corrected chi connectivity index (χ0v) is 5.67. The molecule has 1 aromatic heterocycles. The van der Waals surface area contributed by atoms with Crippen LogP contribution in [0, 0.1) is 0 Å². The van der Waals surface area contributed by atoms with Crippen molar-refractivity contribution in [3.05, 3.63) is 18.2 Å². The first-order valence-electron chi connectivity index (χ1n) is 2.03. The first kappa shape index (κ1) is 5.78. The van der Waals surface area contributed by atoms with Crippen molar-refractivity contribution in [1.82, 2.24) is 9.97 Å². The van der Waals surface area contributed by atoms with Gasteiger partial charge in [0.1, 0.15) is 5.69 Å². The van der Waals surface area contributed by atoms with Gasteiger partial charge in [-0.05, 0) is 0 Å². The third kappa shape index (κ3) is 1.08. The Kier molecular flexibility index (Phi) is 1.65. The predicted molar refractivity (Wildman–Crippen MR) is 39.3 cm³/mol. The Hall–Kier alpha value is -0.350. The summed E-state index contributed by atoms with van der Waals surface area (Å²) in [4.78, 5) is 6.61. The first-order chi connectivity index (χ1) is 3.80. The lowest BCUT2D eigenvalue weighted by atomic mass is 10.6. The molecule has 42 valence electrons. The molecule has 0 atom stereocenters. The van der Waals surface area contributed by atoms with E-state index in [1.54, 1.807) is 12.5 Å². The maximum absolute atomic E-state index is 4.70. The van der Waals surface area contributed by atoms with Gasteiger partial charge in [0, 0.05) is 6.20 Å². The maximum atomic E-state index is 4.70. The Labute approximate surface area is 57.7 Å². The highest BCUT2D eigenvalue weighted by Gasteiger charge is 1.93. The summed E-state index contributed by atoms with van der Waals surface area (Å²) >= 11 is 8.60. The van der Waals surface area contributed by atoms with Crippen molar-refractivity contribution < 1.29 is 0 Å². The number of aromatic nitrogens is 2. The third-order valence-electron chi connectivity index (χ3n) is 0.717. The van der Waals surface area contributed by atoms with Gasteiger partial charge in [-0.15, -0.1) is 12.6 Å². The van der Waals surface area contributed by atoms with Gasteiger partial charge in [-0.3, -0.25) is 0 Å². The molecule has 1 aromatic rings. The summed E-state index contributed by atoms with van der Waals surface area (Å²) in [6.45, 7) is 0. The van der Waals surface area contributed by atoms with Crippen LogP contribution in [0.5, 0.6) is 0 Å². The highest BCUT2D eigenvalue weighted by Crippen LogP contribution is 1.96. The van der Waals surface area contributed by atoms with Gasteiger partial charge in [0.05, 0.1) is 10.5 Å². The molecule has 0 radical (unpaired) electrons. The van der Waals surface area contributed by atoms with Gasteiger partial charge in [0.15, 0.2) is 0 Å². The van der Waals surface area contributed by atoms with Crippen molar-refractivity contribution in [1.29, 1.82) is 0 Å². The van der Waals surface area contributed by atoms with Crippen LogP contribution in [0.3, 0.4) is 0 Å². The lowest BCUT2D eigenvalue weighted by Gasteiger charge is -1.81. The number of imidazole rings is 1. The van der Waals surface area contributed by atoms with Gasteiger partial charge in [-0.25, -0.2) is 4.98 Å². The number of rotatable bonds is 1. The fraction of sp³-hybridized carbons (Fsp3) is 0. The van der Waals surface area contributed by atoms with E-state index in [4.69, 9.17) is 12.2 Å². The summed E-state index contributed by atoms with van der Waals surface area (Å²) in [6.07, 6.45) is 3.27. The second kappa shape index (κ2) is 2.28. The third-order valence-corrected chi connectivity index (χ3v) is 1.16. The summed E-state index contributed by atoms with van der Waals surface area (Å²) in [5.74, 6) is 0. The number of thiol groups is 1. The standard InChI is InChI=1S/C4H4N2S2/c7-4(8)3-1-5-2-6-3/h1-2H,(H,5,6)(H,7,8). The summed E-state index contributed by atoms with van der Waals surface area (Å²) in [5.41, 5.74) is 0.725. The zero-order chi connectivity index (χ0) is 5.98. The van der Waals surface area contributed by atoms with Crippen LogP contribution in [-0.4, -0.2) is 14.2 Å². The summed E-state index contributed by atoms with van der Waals surface area (Å²) in [5, 5.41) is 0. The molecule has 0 spiro atoms. The van der Waals surface area contributed by atoms with Gasteiger partial charge in [-0.1, -0.05) is 12.2 Å². The number of nitrogens with one attached hydrogen (secondary N) is 1. The van der Waals surface area contributed by atoms with E-state index < -0.39 is 0 Å². The molecule has 0 bridgehead atoms. The molecule has 8 heavy (non-hydrogen) atoms. The Morgan fingerprint density at radius 3 is 2.88 bits per heavy atom. The number of thiocarbonyl (C=S) groups is 1. The van der Waals surface area contributed by atoms with Crippen molar-refractivity contribution >= 4 is 29.0 Å². The van der Waals surface area contributed by atoms with Gasteiger partial charge in [-0.2, -0.15) is 0 Å². The van der Waals surface area contributed by atoms with Crippen LogP contribution in [-0.2, 0) is 0 Å². The van der Waals surface area contributed by atoms with E-state index in [2.05, 4.69) is 22.6 Å². The van der Waals surface area contributed by atoms with E-state index in [0.29, 0.717) is 4.20 Å². The number of H-pyrrole nitrogens is 1. The summed E-state index contributed by atoms with van der Waals surface area (Å²) in [6, 6.07) is 0. The Morgan fingerprint density at radius 2 is 2.62 bits per heavy atom. The predicted octanol–water partition coefficient (Wildman–Crippen LogP) is 1.01. The molecule has 0 aliphatic heterocycles. The van der Waals surface area contributed by atoms with E-state index >= 15 is 0 Å². The number of aromatic amines is 1. The molecule has 0 aliphatic rings. The largest absolute Gasteiger partial charge is 0.351 e. The monoisotopic (exact) mass is 144 g/mol. The molecule has 1 rings (SSSR count). The minimum Gasteiger partial charge on any atom is -0.351 e. The first-order valence-corrected chi connectivity index (χ1v) is 2.88. The number of nitrogens with zero attached hydrogens (tertiary/aromatic N) is 1. The van der Waals surface area contributed by atoms with Crippen LogP contribution < -0.4 is 0 Å². The van der Waals surface area contributed by atoms with E-state index in [0.717, 1.165) is 5.69 Å². The lowest BCUT2D eigenvalue weighted by molar-refractivity contribution is 1.31. The second-order valence-electron chi connectivity index (χ2n) is 1.26. The SMILES string of the molecule is S=C(S)c1c[nH]cn1. The highest BCUT2D eigenvalue weighted by molar-refractivity contribution is 8.11. The van der Waals surface area contributed by atoms with E-state index in [-0.39, 0.29) is 0 Å². The molecule has 0 saturated heterocycles. The van der Waals surface area contributed by atoms with Crippen molar-refractivity contribution in [3.8, 4) is 0 Å². The lowest BCUT2D eigenvalue weighted by Crippen LogP contribution is -1.83. The summed E-state index contributed by atoms with van der Waals surface area (Å²) in [7, 11) is 0. The molecule has 1 N–H and O–H groups in total. The van der Waals surface area contributed by atoms with Crippen LogP contribution in [0.2, 0.25) is 0 Å². The molecule has 2 nitrogen and oxygen atoms in total. The van der Waals surface area contributed by atoms with E-state index in [1.807, 2.05) is 0 Å². The fourth-order valence-electron chi connectivity index (χ4n) is 0.377. The molecule has 0 saturated carbocycles. The van der Waals surface area contributed by atoms with Gasteiger partial charge in [0.25, 0.3) is 0 Å². The molecule has 0 unspecified atom stereocenters. The fourth-order valence-corrected chi connectivity index (χ4v) is 0.611. The molecule has 4 heteroatoms. The minimum absolute atomic E-state index is 0.520. The average molecular weight is 144 g/mol. The molecule has 1 heterocycles. The normalized spacial score (nSPS) is 9.12. The highest BCUT2D eigenvalue weighted by atomic mass is 32.1. The minimum atomic E-state index is 0.520. The smallest absolute Gasteiger partial charge is 0.105 e. The topological polar surface area (TPSA) is 28.7 Å². The Morgan fingerprint density at radius 1 is 1.88 bits per heavy atom. The Bertz CT molecular complexity index is 180. The second-order valence-corrected chi connectivity index (χ2v) is 2.42. The van der Waals surface area contributed by atoms with Crippen LogP contribution in [0.25, 0.3) is 0 Å². The van der Waals surface area contributed by atoms with Crippen LogP contribution in [0.1, 0.15) is 5.69 Å². The van der Waals surface area contributed by atoms with E-state index in [1.165, 1.54) is 0 Å². The summed E-state index contributed by atoms with van der Waals surface area (Å²) < 4.78 is 0.520. The molecule has 0 aromatic carbocycles. The quantitative estimate of drug-likeness (QED) is 0.455. The van der Waals surface area contributed by atoms with Crippen LogP contribution >= 0.6 is 24.8 Å². The van der Waals surface area contributed by atoms with Gasteiger partial charge >= 0.3 is 0 Å². The van der Waals surface area contributed by atoms with Crippen molar-refractivity contribution in [2.24, 2.45) is 0 Å². The molecule has 0 amide bonds. The number of hydrogen-bond donors (Lipinski definition) is 2. The van der Waals surface area contributed by atoms with Crippen molar-refractivity contribution in [3.63, 3.8) is 0 Å². The molecular weight excluding hydrogens is 140 g/mol. The van der Waals surface area contributed by atoms with E-state index in [9.17, 15) is 0 Å². The van der Waals surface area contributed by atoms with Crippen LogP contribution in [0.4, 0.5) is 0 Å². The average Bonchev–Trinajstić information content (AvgIpc) is 2.12. The zero-order valence-electron chi connectivity index (χ0n) is 3.96. The maximum Gasteiger partial charge on any atom is 0.105 e. The van der Waals surface area contributed by atoms with Crippen molar-refractivity contribution in [2.45, 2.75) is 0 Å². The molecule has 0 fully saturated rings.